The Labute approximate surface area is 105 Å². The fourth-order valence-corrected chi connectivity index (χ4v) is 2.27. The normalized spacial score (nSPS) is 11.2. The number of fused-ring (bicyclic) bond motifs is 1. The van der Waals surface area contributed by atoms with Gasteiger partial charge in [-0.3, -0.25) is 5.32 Å². The number of nitrogens with zero attached hydrogens (tertiary/aromatic N) is 1. The second-order valence-corrected chi connectivity index (χ2v) is 4.41. The molecule has 0 fully saturated rings. The molecule has 1 aromatic carbocycles. The molecule has 1 heterocycles. The van der Waals surface area contributed by atoms with Crippen molar-refractivity contribution in [1.29, 1.82) is 0 Å². The molecule has 0 radical (unpaired) electrons. The van der Waals surface area contributed by atoms with Gasteiger partial charge in [-0.25, -0.2) is 4.98 Å². The van der Waals surface area contributed by atoms with Crippen LogP contribution in [-0.2, 0) is 0 Å². The molecule has 2 rings (SSSR count). The molecule has 0 saturated carbocycles. The molecule has 0 spiro atoms. The zero-order valence-electron chi connectivity index (χ0n) is 9.01. The van der Waals surface area contributed by atoms with E-state index in [-0.39, 0.29) is 5.69 Å². The zero-order valence-corrected chi connectivity index (χ0v) is 9.82. The van der Waals surface area contributed by atoms with Gasteiger partial charge in [0.1, 0.15) is 0 Å². The molecule has 2 N–H and O–H groups in total. The molecule has 0 unspecified atom stereocenters. The highest BCUT2D eigenvalue weighted by Crippen LogP contribution is 2.29. The molecule has 0 atom stereocenters. The highest BCUT2D eigenvalue weighted by atomic mass is 32.1. The zero-order chi connectivity index (χ0) is 13.2. The Morgan fingerprint density at radius 1 is 1.39 bits per heavy atom. The van der Waals surface area contributed by atoms with E-state index in [0.717, 1.165) is 0 Å². The Kier molecular flexibility index (Phi) is 3.30. The van der Waals surface area contributed by atoms with Crippen LogP contribution >= 0.6 is 11.3 Å². The van der Waals surface area contributed by atoms with Crippen molar-refractivity contribution in [2.75, 3.05) is 17.2 Å². The second-order valence-electron chi connectivity index (χ2n) is 3.38. The highest BCUT2D eigenvalue weighted by Gasteiger charge is 2.27. The average molecular weight is 271 g/mol. The van der Waals surface area contributed by atoms with Crippen LogP contribution in [-0.4, -0.2) is 17.8 Å². The topological polar surface area (TPSA) is 37.0 Å². The van der Waals surface area contributed by atoms with Crippen molar-refractivity contribution in [3.8, 4) is 12.3 Å². The van der Waals surface area contributed by atoms with Crippen LogP contribution in [0.1, 0.15) is 0 Å². The van der Waals surface area contributed by atoms with Crippen LogP contribution in [0.25, 0.3) is 10.2 Å². The highest BCUT2D eigenvalue weighted by molar-refractivity contribution is 7.22. The molecule has 0 bridgehead atoms. The number of aromatic nitrogens is 1. The van der Waals surface area contributed by atoms with Crippen LogP contribution in [0.4, 0.5) is 24.0 Å². The van der Waals surface area contributed by atoms with E-state index in [0.29, 0.717) is 21.9 Å². The molecule has 7 heteroatoms. The summed E-state index contributed by atoms with van der Waals surface area (Å²) in [5.74, 6) is 2.40. The van der Waals surface area contributed by atoms with Crippen LogP contribution < -0.4 is 10.6 Å². The predicted octanol–water partition coefficient (Wildman–Crippen LogP) is 3.27. The first-order chi connectivity index (χ1) is 8.48. The number of anilines is 2. The van der Waals surface area contributed by atoms with Crippen molar-refractivity contribution < 1.29 is 13.2 Å². The van der Waals surface area contributed by atoms with Gasteiger partial charge in [-0.05, 0) is 18.2 Å². The number of alkyl halides is 3. The lowest BCUT2D eigenvalue weighted by Gasteiger charge is -2.08. The Bertz CT molecular complexity index is 598. The van der Waals surface area contributed by atoms with Gasteiger partial charge in [-0.1, -0.05) is 17.3 Å². The van der Waals surface area contributed by atoms with E-state index >= 15 is 0 Å². The van der Waals surface area contributed by atoms with Gasteiger partial charge in [0.15, 0.2) is 5.13 Å². The molecule has 0 aliphatic carbocycles. The maximum atomic E-state index is 12.2. The number of hydrogen-bond acceptors (Lipinski definition) is 4. The molecule has 0 amide bonds. The van der Waals surface area contributed by atoms with Crippen LogP contribution in [0.2, 0.25) is 0 Å². The van der Waals surface area contributed by atoms with Gasteiger partial charge in [-0.2, -0.15) is 13.2 Å². The third-order valence-corrected chi connectivity index (χ3v) is 2.99. The van der Waals surface area contributed by atoms with Crippen LogP contribution in [0.15, 0.2) is 18.2 Å². The molecule has 0 saturated heterocycles. The molecule has 18 heavy (non-hydrogen) atoms. The molecule has 0 aliphatic heterocycles. The van der Waals surface area contributed by atoms with Gasteiger partial charge in [0.05, 0.1) is 16.8 Å². The number of halogens is 3. The van der Waals surface area contributed by atoms with Gasteiger partial charge in [-0.15, -0.1) is 6.42 Å². The predicted molar refractivity (Wildman–Crippen MR) is 66.6 cm³/mol. The number of nitrogens with one attached hydrogen (secondary N) is 2. The van der Waals surface area contributed by atoms with Gasteiger partial charge in [0.2, 0.25) is 0 Å². The monoisotopic (exact) mass is 271 g/mol. The summed E-state index contributed by atoms with van der Waals surface area (Å²) < 4.78 is 37.1. The first kappa shape index (κ1) is 12.5. The van der Waals surface area contributed by atoms with E-state index < -0.39 is 6.30 Å². The van der Waals surface area contributed by atoms with Gasteiger partial charge in [0.25, 0.3) is 0 Å². The number of thiazole rings is 1. The molecule has 1 aromatic heterocycles. The summed E-state index contributed by atoms with van der Waals surface area (Å²) >= 11 is 1.25. The fourth-order valence-electron chi connectivity index (χ4n) is 1.37. The number of rotatable bonds is 3. The first-order valence-electron chi connectivity index (χ1n) is 4.91. The van der Waals surface area contributed by atoms with E-state index in [1.807, 2.05) is 0 Å². The van der Waals surface area contributed by atoms with Crippen LogP contribution in [0, 0.1) is 12.3 Å². The summed E-state index contributed by atoms with van der Waals surface area (Å²) in [6.45, 7) is 0.327. The summed E-state index contributed by atoms with van der Waals surface area (Å²) in [4.78, 5) is 4.19. The minimum Gasteiger partial charge on any atom is -0.351 e. The Morgan fingerprint density at radius 3 is 2.83 bits per heavy atom. The summed E-state index contributed by atoms with van der Waals surface area (Å²) in [7, 11) is 0. The third kappa shape index (κ3) is 3.05. The lowest BCUT2D eigenvalue weighted by Crippen LogP contribution is -2.20. The molecule has 94 valence electrons. The first-order valence-corrected chi connectivity index (χ1v) is 5.72. The molecule has 0 aliphatic rings. The summed E-state index contributed by atoms with van der Waals surface area (Å²) in [6, 6.07) is 4.27. The van der Waals surface area contributed by atoms with Gasteiger partial charge >= 0.3 is 6.30 Å². The SMILES string of the molecule is C#CCNc1nc2ccc(NC(F)(F)F)cc2s1. The largest absolute Gasteiger partial charge is 0.482 e. The van der Waals surface area contributed by atoms with Crippen molar-refractivity contribution >= 4 is 32.4 Å². The maximum Gasteiger partial charge on any atom is 0.482 e. The standard InChI is InChI=1S/C11H8F3N3S/c1-2-5-15-10-16-8-4-3-7(6-9(8)18-10)17-11(12,13)14/h1,3-4,6,17H,5H2,(H,15,16). The van der Waals surface area contributed by atoms with E-state index in [2.05, 4.69) is 16.2 Å². The Hall–Kier alpha value is -1.94. The fraction of sp³-hybridized carbons (Fsp3) is 0.182. The van der Waals surface area contributed by atoms with Crippen LogP contribution in [0.5, 0.6) is 0 Å². The Morgan fingerprint density at radius 2 is 2.17 bits per heavy atom. The lowest BCUT2D eigenvalue weighted by molar-refractivity contribution is -0.0999. The van der Waals surface area contributed by atoms with Crippen molar-refractivity contribution in [3.63, 3.8) is 0 Å². The number of benzene rings is 1. The van der Waals surface area contributed by atoms with Crippen molar-refractivity contribution in [2.45, 2.75) is 6.30 Å². The van der Waals surface area contributed by atoms with E-state index in [1.54, 1.807) is 0 Å². The van der Waals surface area contributed by atoms with E-state index in [9.17, 15) is 13.2 Å². The van der Waals surface area contributed by atoms with Crippen molar-refractivity contribution in [3.05, 3.63) is 18.2 Å². The van der Waals surface area contributed by atoms with Crippen molar-refractivity contribution in [2.24, 2.45) is 0 Å². The minimum absolute atomic E-state index is 0.0119. The van der Waals surface area contributed by atoms with E-state index in [1.165, 1.54) is 34.9 Å². The molecule has 3 nitrogen and oxygen atoms in total. The molecular weight excluding hydrogens is 263 g/mol. The summed E-state index contributed by atoms with van der Waals surface area (Å²) in [5.41, 5.74) is 0.620. The van der Waals surface area contributed by atoms with Crippen LogP contribution in [0.3, 0.4) is 0 Å². The lowest BCUT2D eigenvalue weighted by atomic mass is 10.3. The second kappa shape index (κ2) is 4.74. The Balaban J connectivity index is 2.26. The quantitative estimate of drug-likeness (QED) is 0.664. The maximum absolute atomic E-state index is 12.2. The molecule has 2 aromatic rings. The van der Waals surface area contributed by atoms with Gasteiger partial charge in [0, 0.05) is 5.69 Å². The average Bonchev–Trinajstić information content (AvgIpc) is 2.66. The van der Waals surface area contributed by atoms with E-state index in [4.69, 9.17) is 6.42 Å². The van der Waals surface area contributed by atoms with Gasteiger partial charge < -0.3 is 5.32 Å². The smallest absolute Gasteiger partial charge is 0.351 e. The van der Waals surface area contributed by atoms with Crippen molar-refractivity contribution in [1.82, 2.24) is 4.98 Å². The third-order valence-electron chi connectivity index (χ3n) is 2.02. The number of terminal acetylenes is 1. The molecular formula is C11H8F3N3S. The number of hydrogen-bond donors (Lipinski definition) is 2. The summed E-state index contributed by atoms with van der Waals surface area (Å²) in [6.07, 6.45) is 0.652. The minimum atomic E-state index is -4.44. The summed E-state index contributed by atoms with van der Waals surface area (Å²) in [5, 5.41) is 4.92.